The molecule has 10 heteroatoms. The van der Waals surface area contributed by atoms with Gasteiger partial charge >= 0.3 is 0 Å². The number of nitrogens with one attached hydrogen (secondary N) is 2. The summed E-state index contributed by atoms with van der Waals surface area (Å²) in [6.45, 7) is 0. The molecule has 4 N–H and O–H groups in total. The van der Waals surface area contributed by atoms with E-state index in [0.29, 0.717) is 22.4 Å². The van der Waals surface area contributed by atoms with Gasteiger partial charge in [0.05, 0.1) is 22.4 Å². The number of benzene rings is 4. The van der Waals surface area contributed by atoms with Crippen molar-refractivity contribution in [2.75, 3.05) is 10.6 Å². The van der Waals surface area contributed by atoms with Crippen LogP contribution in [0, 0.1) is 0 Å². The highest BCUT2D eigenvalue weighted by Gasteiger charge is 2.31. The first-order valence-corrected chi connectivity index (χ1v) is 11.4. The minimum Gasteiger partial charge on any atom is -0.506 e. The van der Waals surface area contributed by atoms with Crippen molar-refractivity contribution in [3.63, 3.8) is 0 Å². The van der Waals surface area contributed by atoms with E-state index in [9.17, 15) is 10.2 Å². The molecule has 4 aromatic carbocycles. The predicted molar refractivity (Wildman–Crippen MR) is 137 cm³/mol. The Labute approximate surface area is 205 Å². The van der Waals surface area contributed by atoms with Crippen molar-refractivity contribution in [3.8, 4) is 11.5 Å². The maximum absolute atomic E-state index is 10.6. The summed E-state index contributed by atoms with van der Waals surface area (Å²) < 4.78 is 3.46. The van der Waals surface area contributed by atoms with Crippen molar-refractivity contribution in [3.05, 3.63) is 97.1 Å². The molecule has 0 aliphatic rings. The molecule has 0 aliphatic carbocycles. The molecule has 6 rings (SSSR count). The van der Waals surface area contributed by atoms with Crippen LogP contribution in [0.2, 0.25) is 0 Å². The fourth-order valence-corrected chi connectivity index (χ4v) is 4.24. The second kappa shape index (κ2) is 8.91. The van der Waals surface area contributed by atoms with Crippen molar-refractivity contribution in [2.24, 2.45) is 0 Å². The fourth-order valence-electron chi connectivity index (χ4n) is 4.24. The molecular weight excluding hydrogens is 456 g/mol. The molecule has 0 bridgehead atoms. The van der Waals surface area contributed by atoms with E-state index >= 15 is 0 Å². The molecule has 6 aromatic rings. The van der Waals surface area contributed by atoms with Gasteiger partial charge in [0.25, 0.3) is 0 Å². The van der Waals surface area contributed by atoms with Gasteiger partial charge in [0.1, 0.15) is 22.5 Å². The zero-order valence-corrected chi connectivity index (χ0v) is 19.0. The van der Waals surface area contributed by atoms with Crippen LogP contribution in [0.25, 0.3) is 22.1 Å². The second-order valence-corrected chi connectivity index (χ2v) is 8.26. The Balaban J connectivity index is 1.57. The molecule has 2 atom stereocenters. The van der Waals surface area contributed by atoms with Crippen molar-refractivity contribution < 1.29 is 10.2 Å². The van der Waals surface area contributed by atoms with Crippen LogP contribution < -0.4 is 10.6 Å². The van der Waals surface area contributed by atoms with E-state index in [1.807, 2.05) is 60.7 Å². The number of anilines is 2. The number of phenols is 2. The largest absolute Gasteiger partial charge is 0.506 e. The molecule has 2 heterocycles. The van der Waals surface area contributed by atoms with Crippen LogP contribution in [-0.2, 0) is 0 Å². The highest BCUT2D eigenvalue weighted by atomic mass is 16.3. The van der Waals surface area contributed by atoms with Gasteiger partial charge in [-0.1, -0.05) is 59.0 Å². The van der Waals surface area contributed by atoms with E-state index in [1.54, 1.807) is 45.8 Å². The molecule has 0 amide bonds. The lowest BCUT2D eigenvalue weighted by molar-refractivity contribution is 0.344. The lowest BCUT2D eigenvalue weighted by atomic mass is 10.2. The van der Waals surface area contributed by atoms with Gasteiger partial charge in [0.15, 0.2) is 12.3 Å². The van der Waals surface area contributed by atoms with E-state index in [1.165, 1.54) is 0 Å². The summed E-state index contributed by atoms with van der Waals surface area (Å²) in [5.74, 6) is 0.161. The van der Waals surface area contributed by atoms with Crippen molar-refractivity contribution in [2.45, 2.75) is 12.3 Å². The quantitative estimate of drug-likeness (QED) is 0.247. The fraction of sp³-hybridized carbons (Fsp3) is 0.0769. The molecule has 0 spiro atoms. The van der Waals surface area contributed by atoms with E-state index in [2.05, 4.69) is 31.3 Å². The number of phenolic OH excluding ortho intramolecular Hbond substituents is 2. The average molecular weight is 479 g/mol. The van der Waals surface area contributed by atoms with Gasteiger partial charge in [-0.15, -0.1) is 10.2 Å². The highest BCUT2D eigenvalue weighted by molar-refractivity contribution is 5.75. The van der Waals surface area contributed by atoms with Crippen LogP contribution in [0.15, 0.2) is 97.1 Å². The molecule has 10 nitrogen and oxygen atoms in total. The maximum Gasteiger partial charge on any atom is 0.164 e. The summed E-state index contributed by atoms with van der Waals surface area (Å²) >= 11 is 0. The summed E-state index contributed by atoms with van der Waals surface area (Å²) in [4.78, 5) is 0. The molecule has 178 valence electrons. The van der Waals surface area contributed by atoms with Crippen molar-refractivity contribution >= 4 is 33.4 Å². The van der Waals surface area contributed by atoms with Gasteiger partial charge in [-0.25, -0.2) is 9.36 Å². The van der Waals surface area contributed by atoms with Gasteiger partial charge in [-0.3, -0.25) is 0 Å². The van der Waals surface area contributed by atoms with Gasteiger partial charge in [0.2, 0.25) is 0 Å². The molecule has 0 saturated carbocycles. The third-order valence-electron chi connectivity index (χ3n) is 6.00. The van der Waals surface area contributed by atoms with E-state index < -0.39 is 12.3 Å². The summed E-state index contributed by atoms with van der Waals surface area (Å²) in [6, 6.07) is 29.2. The number of para-hydroxylation sites is 6. The lowest BCUT2D eigenvalue weighted by Gasteiger charge is -2.31. The molecular formula is C26H22N8O2. The number of aromatic nitrogens is 6. The lowest BCUT2D eigenvalue weighted by Crippen LogP contribution is -2.35. The highest BCUT2D eigenvalue weighted by Crippen LogP contribution is 2.35. The topological polar surface area (TPSA) is 126 Å². The Morgan fingerprint density at radius 3 is 1.36 bits per heavy atom. The number of rotatable bonds is 7. The Kier molecular flexibility index (Phi) is 5.30. The molecule has 36 heavy (non-hydrogen) atoms. The van der Waals surface area contributed by atoms with Gasteiger partial charge in [-0.2, -0.15) is 0 Å². The smallest absolute Gasteiger partial charge is 0.164 e. The Bertz CT molecular complexity index is 1540. The standard InChI is InChI=1S/C26H22N8O2/c35-23-15-7-3-11-19(23)27-25(33-21-13-5-1-9-17(21)29-31-33)26(28-20-12-4-8-16-24(20)36)34-22-14-6-2-10-18(22)30-32-34/h1-16,25-28,35-36H. The molecule has 0 radical (unpaired) electrons. The summed E-state index contributed by atoms with van der Waals surface area (Å²) in [7, 11) is 0. The van der Waals surface area contributed by atoms with Crippen LogP contribution >= 0.6 is 0 Å². The number of hydrogen-bond donors (Lipinski definition) is 4. The first kappa shape index (κ1) is 21.4. The first-order valence-electron chi connectivity index (χ1n) is 11.4. The number of fused-ring (bicyclic) bond motifs is 2. The van der Waals surface area contributed by atoms with Crippen LogP contribution in [0.4, 0.5) is 11.4 Å². The SMILES string of the molecule is Oc1ccccc1NC(C(Nc1ccccc1O)n1nnc2ccccc21)n1nnc2ccccc21. The van der Waals surface area contributed by atoms with Crippen LogP contribution in [0.1, 0.15) is 12.3 Å². The normalized spacial score (nSPS) is 13.0. The van der Waals surface area contributed by atoms with Crippen molar-refractivity contribution in [1.82, 2.24) is 30.0 Å². The van der Waals surface area contributed by atoms with E-state index in [-0.39, 0.29) is 11.5 Å². The molecule has 0 saturated heterocycles. The first-order chi connectivity index (χ1) is 17.7. The third-order valence-corrected chi connectivity index (χ3v) is 6.00. The zero-order valence-electron chi connectivity index (χ0n) is 19.0. The summed E-state index contributed by atoms with van der Waals surface area (Å²) in [5.41, 5.74) is 3.97. The molecule has 2 unspecified atom stereocenters. The minimum absolute atomic E-state index is 0.0803. The molecule has 0 fully saturated rings. The second-order valence-electron chi connectivity index (χ2n) is 8.26. The van der Waals surface area contributed by atoms with Gasteiger partial charge in [0, 0.05) is 0 Å². The van der Waals surface area contributed by atoms with Crippen molar-refractivity contribution in [1.29, 1.82) is 0 Å². The number of hydrogen-bond acceptors (Lipinski definition) is 8. The van der Waals surface area contributed by atoms with Crippen LogP contribution in [-0.4, -0.2) is 40.2 Å². The van der Waals surface area contributed by atoms with E-state index in [0.717, 1.165) is 11.0 Å². The summed E-state index contributed by atoms with van der Waals surface area (Å²) in [5, 5.41) is 45.6. The predicted octanol–water partition coefficient (Wildman–Crippen LogP) is 4.51. The number of aromatic hydroxyl groups is 2. The minimum atomic E-state index is -0.671. The Morgan fingerprint density at radius 2 is 0.917 bits per heavy atom. The molecule has 0 aliphatic heterocycles. The van der Waals surface area contributed by atoms with Crippen LogP contribution in [0.3, 0.4) is 0 Å². The zero-order chi connectivity index (χ0) is 24.5. The Hall–Kier alpha value is -5.12. The van der Waals surface area contributed by atoms with E-state index in [4.69, 9.17) is 0 Å². The van der Waals surface area contributed by atoms with Gasteiger partial charge in [-0.05, 0) is 48.5 Å². The average Bonchev–Trinajstić information content (AvgIpc) is 3.53. The maximum atomic E-state index is 10.6. The monoisotopic (exact) mass is 478 g/mol. The summed E-state index contributed by atoms with van der Waals surface area (Å²) in [6.07, 6.45) is -1.34. The third kappa shape index (κ3) is 3.80. The van der Waals surface area contributed by atoms with Crippen LogP contribution in [0.5, 0.6) is 11.5 Å². The molecule has 2 aromatic heterocycles. The number of nitrogens with zero attached hydrogens (tertiary/aromatic N) is 6. The van der Waals surface area contributed by atoms with Gasteiger partial charge < -0.3 is 20.8 Å². The Morgan fingerprint density at radius 1 is 0.528 bits per heavy atom.